The fourth-order valence-corrected chi connectivity index (χ4v) is 4.40. The zero-order valence-electron chi connectivity index (χ0n) is 15.2. The minimum atomic E-state index is -3.71. The SMILES string of the molecule is NCC1CCCCN1C(=O)c1cccc(S(=O)(=O)NCc2ccccc2)c1. The molecular formula is C20H25N3O3S. The van der Waals surface area contributed by atoms with Gasteiger partial charge in [0, 0.05) is 31.2 Å². The molecule has 0 spiro atoms. The molecule has 1 fully saturated rings. The summed E-state index contributed by atoms with van der Waals surface area (Å²) >= 11 is 0. The number of amides is 1. The number of nitrogens with two attached hydrogens (primary N) is 1. The molecule has 1 atom stereocenters. The number of carbonyl (C=O) groups excluding carboxylic acids is 1. The van der Waals surface area contributed by atoms with Gasteiger partial charge in [-0.3, -0.25) is 4.79 Å². The fourth-order valence-electron chi connectivity index (χ4n) is 3.33. The highest BCUT2D eigenvalue weighted by Gasteiger charge is 2.27. The standard InChI is InChI=1S/C20H25N3O3S/c21-14-18-10-4-5-12-23(18)20(24)17-9-6-11-19(13-17)27(25,26)22-15-16-7-2-1-3-8-16/h1-3,6-9,11,13,18,22H,4-5,10,12,14-15,21H2. The summed E-state index contributed by atoms with van der Waals surface area (Å²) in [6, 6.07) is 15.5. The van der Waals surface area contributed by atoms with Gasteiger partial charge in [-0.2, -0.15) is 0 Å². The van der Waals surface area contributed by atoms with Crippen molar-refractivity contribution in [3.63, 3.8) is 0 Å². The van der Waals surface area contributed by atoms with Gasteiger partial charge < -0.3 is 10.6 Å². The maximum Gasteiger partial charge on any atom is 0.254 e. The minimum absolute atomic E-state index is 0.0164. The summed E-state index contributed by atoms with van der Waals surface area (Å²) < 4.78 is 27.8. The molecule has 1 heterocycles. The number of piperidine rings is 1. The van der Waals surface area contributed by atoms with Crippen LogP contribution in [0.2, 0.25) is 0 Å². The van der Waals surface area contributed by atoms with E-state index in [1.807, 2.05) is 30.3 Å². The second kappa shape index (κ2) is 8.65. The van der Waals surface area contributed by atoms with Gasteiger partial charge in [0.2, 0.25) is 10.0 Å². The highest BCUT2D eigenvalue weighted by Crippen LogP contribution is 2.20. The lowest BCUT2D eigenvalue weighted by Gasteiger charge is -2.35. The topological polar surface area (TPSA) is 92.5 Å². The number of nitrogens with one attached hydrogen (secondary N) is 1. The first-order chi connectivity index (χ1) is 13.0. The summed E-state index contributed by atoms with van der Waals surface area (Å²) in [5, 5.41) is 0. The Hall–Kier alpha value is -2.22. The van der Waals surface area contributed by atoms with E-state index in [0.29, 0.717) is 18.7 Å². The van der Waals surface area contributed by atoms with Crippen LogP contribution in [0.4, 0.5) is 0 Å². The van der Waals surface area contributed by atoms with E-state index < -0.39 is 10.0 Å². The van der Waals surface area contributed by atoms with E-state index in [4.69, 9.17) is 5.73 Å². The molecule has 144 valence electrons. The van der Waals surface area contributed by atoms with Gasteiger partial charge in [0.25, 0.3) is 5.91 Å². The molecule has 1 saturated heterocycles. The van der Waals surface area contributed by atoms with Crippen molar-refractivity contribution < 1.29 is 13.2 Å². The van der Waals surface area contributed by atoms with E-state index in [0.717, 1.165) is 24.8 Å². The van der Waals surface area contributed by atoms with E-state index in [1.165, 1.54) is 12.1 Å². The average Bonchev–Trinajstić information content (AvgIpc) is 2.72. The van der Waals surface area contributed by atoms with E-state index in [1.54, 1.807) is 17.0 Å². The van der Waals surface area contributed by atoms with Crippen molar-refractivity contribution in [2.75, 3.05) is 13.1 Å². The Kier molecular flexibility index (Phi) is 6.26. The van der Waals surface area contributed by atoms with Crippen molar-refractivity contribution in [1.82, 2.24) is 9.62 Å². The molecule has 1 aliphatic heterocycles. The molecule has 0 aromatic heterocycles. The van der Waals surface area contributed by atoms with Crippen LogP contribution in [0, 0.1) is 0 Å². The van der Waals surface area contributed by atoms with Crippen LogP contribution in [0.1, 0.15) is 35.2 Å². The van der Waals surface area contributed by atoms with Gasteiger partial charge >= 0.3 is 0 Å². The second-order valence-electron chi connectivity index (χ2n) is 6.72. The molecule has 2 aromatic rings. The van der Waals surface area contributed by atoms with Gasteiger partial charge in [0.1, 0.15) is 0 Å². The lowest BCUT2D eigenvalue weighted by molar-refractivity contribution is 0.0623. The maximum absolute atomic E-state index is 12.9. The number of benzene rings is 2. The third-order valence-electron chi connectivity index (χ3n) is 4.86. The number of hydrogen-bond acceptors (Lipinski definition) is 4. The molecule has 2 aromatic carbocycles. The van der Waals surface area contributed by atoms with Crippen molar-refractivity contribution in [2.24, 2.45) is 5.73 Å². The van der Waals surface area contributed by atoms with Crippen LogP contribution in [-0.2, 0) is 16.6 Å². The maximum atomic E-state index is 12.9. The smallest absolute Gasteiger partial charge is 0.254 e. The number of nitrogens with zero attached hydrogens (tertiary/aromatic N) is 1. The third-order valence-corrected chi connectivity index (χ3v) is 6.26. The van der Waals surface area contributed by atoms with Gasteiger partial charge in [0.15, 0.2) is 0 Å². The van der Waals surface area contributed by atoms with Crippen LogP contribution in [0.5, 0.6) is 0 Å². The second-order valence-corrected chi connectivity index (χ2v) is 8.49. The van der Waals surface area contributed by atoms with E-state index in [2.05, 4.69) is 4.72 Å². The molecule has 6 nitrogen and oxygen atoms in total. The first kappa shape index (κ1) is 19.5. The van der Waals surface area contributed by atoms with Crippen LogP contribution in [-0.4, -0.2) is 38.4 Å². The molecule has 1 aliphatic rings. The Balaban J connectivity index is 1.77. The largest absolute Gasteiger partial charge is 0.334 e. The van der Waals surface area contributed by atoms with Gasteiger partial charge in [-0.15, -0.1) is 0 Å². The van der Waals surface area contributed by atoms with Gasteiger partial charge in [0.05, 0.1) is 4.90 Å². The molecule has 1 amide bonds. The molecule has 27 heavy (non-hydrogen) atoms. The Labute approximate surface area is 160 Å². The van der Waals surface area contributed by atoms with Crippen molar-refractivity contribution in [3.05, 3.63) is 65.7 Å². The quantitative estimate of drug-likeness (QED) is 0.794. The van der Waals surface area contributed by atoms with Crippen LogP contribution in [0.15, 0.2) is 59.5 Å². The van der Waals surface area contributed by atoms with Crippen LogP contribution in [0.25, 0.3) is 0 Å². The molecule has 0 aliphatic carbocycles. The highest BCUT2D eigenvalue weighted by molar-refractivity contribution is 7.89. The van der Waals surface area contributed by atoms with Crippen LogP contribution in [0.3, 0.4) is 0 Å². The third kappa shape index (κ3) is 4.74. The number of hydrogen-bond donors (Lipinski definition) is 2. The average molecular weight is 388 g/mol. The molecule has 0 radical (unpaired) electrons. The van der Waals surface area contributed by atoms with Gasteiger partial charge in [-0.05, 0) is 43.0 Å². The zero-order valence-corrected chi connectivity index (χ0v) is 16.0. The molecule has 7 heteroatoms. The fraction of sp³-hybridized carbons (Fsp3) is 0.350. The zero-order chi connectivity index (χ0) is 19.3. The number of carbonyl (C=O) groups is 1. The molecule has 0 saturated carbocycles. The summed E-state index contributed by atoms with van der Waals surface area (Å²) in [7, 11) is -3.71. The van der Waals surface area contributed by atoms with Crippen molar-refractivity contribution in [3.8, 4) is 0 Å². The molecule has 1 unspecified atom stereocenters. The first-order valence-electron chi connectivity index (χ1n) is 9.16. The Morgan fingerprint density at radius 2 is 1.89 bits per heavy atom. The normalized spacial score (nSPS) is 17.7. The van der Waals surface area contributed by atoms with Crippen molar-refractivity contribution >= 4 is 15.9 Å². The van der Waals surface area contributed by atoms with Crippen LogP contribution >= 0.6 is 0 Å². The lowest BCUT2D eigenvalue weighted by atomic mass is 10.0. The predicted octanol–water partition coefficient (Wildman–Crippen LogP) is 2.12. The van der Waals surface area contributed by atoms with E-state index in [9.17, 15) is 13.2 Å². The molecule has 3 rings (SSSR count). The molecular weight excluding hydrogens is 362 g/mol. The Morgan fingerprint density at radius 1 is 1.11 bits per heavy atom. The van der Waals surface area contributed by atoms with E-state index in [-0.39, 0.29) is 23.4 Å². The Bertz CT molecular complexity index is 884. The van der Waals surface area contributed by atoms with Crippen molar-refractivity contribution in [2.45, 2.75) is 36.7 Å². The number of rotatable bonds is 6. The Morgan fingerprint density at radius 3 is 2.63 bits per heavy atom. The monoisotopic (exact) mass is 387 g/mol. The summed E-state index contributed by atoms with van der Waals surface area (Å²) in [6.07, 6.45) is 2.89. The first-order valence-corrected chi connectivity index (χ1v) is 10.6. The lowest BCUT2D eigenvalue weighted by Crippen LogP contribution is -2.47. The van der Waals surface area contributed by atoms with Crippen molar-refractivity contribution in [1.29, 1.82) is 0 Å². The van der Waals surface area contributed by atoms with E-state index >= 15 is 0 Å². The number of likely N-dealkylation sites (tertiary alicyclic amines) is 1. The summed E-state index contributed by atoms with van der Waals surface area (Å²) in [5.74, 6) is -0.162. The van der Waals surface area contributed by atoms with Gasteiger partial charge in [-0.1, -0.05) is 36.4 Å². The predicted molar refractivity (Wildman–Crippen MR) is 105 cm³/mol. The highest BCUT2D eigenvalue weighted by atomic mass is 32.2. The summed E-state index contributed by atoms with van der Waals surface area (Å²) in [4.78, 5) is 14.7. The molecule has 0 bridgehead atoms. The van der Waals surface area contributed by atoms with Crippen LogP contribution < -0.4 is 10.5 Å². The summed E-state index contributed by atoms with van der Waals surface area (Å²) in [6.45, 7) is 1.27. The molecule has 3 N–H and O–H groups in total. The minimum Gasteiger partial charge on any atom is -0.334 e. The van der Waals surface area contributed by atoms with Gasteiger partial charge in [-0.25, -0.2) is 13.1 Å². The number of sulfonamides is 1. The summed E-state index contributed by atoms with van der Waals surface area (Å²) in [5.41, 5.74) is 7.04.